The Bertz CT molecular complexity index is 1070. The Hall–Kier alpha value is -1.25. The van der Waals surface area contributed by atoms with Crippen LogP contribution in [0.2, 0.25) is 0 Å². The number of hydrogen-bond donors (Lipinski definition) is 2. The van der Waals surface area contributed by atoms with Crippen molar-refractivity contribution in [3.63, 3.8) is 0 Å². The van der Waals surface area contributed by atoms with Crippen molar-refractivity contribution in [1.29, 1.82) is 0 Å². The molecule has 0 aliphatic rings. The van der Waals surface area contributed by atoms with Crippen molar-refractivity contribution in [2.45, 2.75) is 302 Å². The van der Waals surface area contributed by atoms with Gasteiger partial charge in [0.2, 0.25) is 0 Å². The van der Waals surface area contributed by atoms with Gasteiger partial charge in [0, 0.05) is 19.4 Å². The van der Waals surface area contributed by atoms with E-state index in [1.54, 1.807) is 0 Å². The van der Waals surface area contributed by atoms with Gasteiger partial charge in [0.25, 0.3) is 0 Å². The number of nitrogens with two attached hydrogens (primary N) is 1. The van der Waals surface area contributed by atoms with E-state index in [-0.39, 0.29) is 38.6 Å². The Morgan fingerprint density at radius 3 is 1.09 bits per heavy atom. The molecule has 0 fully saturated rings. The van der Waals surface area contributed by atoms with Gasteiger partial charge in [-0.15, -0.1) is 0 Å². The van der Waals surface area contributed by atoms with Gasteiger partial charge in [0.1, 0.15) is 6.61 Å². The van der Waals surface area contributed by atoms with Crippen LogP contribution >= 0.6 is 7.82 Å². The van der Waals surface area contributed by atoms with Crippen molar-refractivity contribution >= 4 is 19.8 Å². The van der Waals surface area contributed by atoms with Gasteiger partial charge in [-0.2, -0.15) is 0 Å². The van der Waals surface area contributed by atoms with E-state index in [0.29, 0.717) is 6.42 Å². The number of carbonyl (C=O) groups is 2. The molecule has 0 spiro atoms. The maximum atomic E-state index is 12.7. The van der Waals surface area contributed by atoms with E-state index in [1.165, 1.54) is 218 Å². The lowest BCUT2D eigenvalue weighted by molar-refractivity contribution is -0.161. The largest absolute Gasteiger partial charge is 0.472 e. The van der Waals surface area contributed by atoms with Gasteiger partial charge in [-0.25, -0.2) is 4.57 Å². The van der Waals surface area contributed by atoms with Gasteiger partial charge < -0.3 is 20.1 Å². The first kappa shape index (κ1) is 63.8. The van der Waals surface area contributed by atoms with Crippen LogP contribution in [0.25, 0.3) is 0 Å². The fourth-order valence-electron chi connectivity index (χ4n) is 8.46. The minimum absolute atomic E-state index is 0.0559. The molecule has 0 amide bonds. The first-order valence-electron chi connectivity index (χ1n) is 28.2. The van der Waals surface area contributed by atoms with Crippen LogP contribution in [-0.4, -0.2) is 49.3 Å². The summed E-state index contributed by atoms with van der Waals surface area (Å²) in [5, 5.41) is 0. The molecule has 0 aromatic heterocycles. The van der Waals surface area contributed by atoms with Gasteiger partial charge in [-0.05, 0) is 38.5 Å². The van der Waals surface area contributed by atoms with Crippen LogP contribution in [0.5, 0.6) is 0 Å². The van der Waals surface area contributed by atoms with E-state index < -0.39 is 26.5 Å². The molecule has 2 atom stereocenters. The fraction of sp³-hybridized carbons (Fsp3) is 0.927. The molecule has 386 valence electrons. The molecule has 2 unspecified atom stereocenters. The van der Waals surface area contributed by atoms with Crippen molar-refractivity contribution < 1.29 is 37.6 Å². The van der Waals surface area contributed by atoms with E-state index in [0.717, 1.165) is 44.9 Å². The molecule has 3 N–H and O–H groups in total. The highest BCUT2D eigenvalue weighted by Gasteiger charge is 2.26. The SMILES string of the molecule is CCCCCCCCC/C=C\CCCCCCCCCC(=O)OC(COC(=O)CCCCCCCCCCCCCCCCCCCCCCCCCCCC)COP(=O)(O)OCCN. The van der Waals surface area contributed by atoms with Crippen molar-refractivity contribution in [2.75, 3.05) is 26.4 Å². The normalized spacial score (nSPS) is 13.1. The number of carbonyl (C=O) groups excluding carboxylic acids is 2. The molecule has 0 aliphatic carbocycles. The molecule has 0 aromatic carbocycles. The molecule has 10 heteroatoms. The van der Waals surface area contributed by atoms with E-state index in [2.05, 4.69) is 26.0 Å². The smallest absolute Gasteiger partial charge is 0.462 e. The van der Waals surface area contributed by atoms with Crippen LogP contribution in [0.3, 0.4) is 0 Å². The molecular formula is C55H108NO8P. The summed E-state index contributed by atoms with van der Waals surface area (Å²) in [6.07, 6.45) is 58.4. The second-order valence-corrected chi connectivity index (χ2v) is 20.6. The minimum atomic E-state index is -4.38. The van der Waals surface area contributed by atoms with Crippen LogP contribution in [0.4, 0.5) is 0 Å². The van der Waals surface area contributed by atoms with Crippen LogP contribution in [0, 0.1) is 0 Å². The lowest BCUT2D eigenvalue weighted by atomic mass is 10.0. The van der Waals surface area contributed by atoms with Gasteiger partial charge in [-0.1, -0.05) is 257 Å². The number of esters is 2. The minimum Gasteiger partial charge on any atom is -0.462 e. The Morgan fingerprint density at radius 1 is 0.446 bits per heavy atom. The summed E-state index contributed by atoms with van der Waals surface area (Å²) in [6, 6.07) is 0. The molecule has 0 saturated carbocycles. The third-order valence-corrected chi connectivity index (χ3v) is 13.6. The number of rotatable bonds is 54. The summed E-state index contributed by atoms with van der Waals surface area (Å²) in [5.41, 5.74) is 5.38. The Labute approximate surface area is 402 Å². The Balaban J connectivity index is 3.92. The number of phosphoric ester groups is 1. The maximum absolute atomic E-state index is 12.7. The lowest BCUT2D eigenvalue weighted by Crippen LogP contribution is -2.29. The maximum Gasteiger partial charge on any atom is 0.472 e. The first-order chi connectivity index (χ1) is 31.8. The fourth-order valence-corrected chi connectivity index (χ4v) is 9.22. The van der Waals surface area contributed by atoms with Gasteiger partial charge in [-0.3, -0.25) is 18.6 Å². The summed E-state index contributed by atoms with van der Waals surface area (Å²) in [5.74, 6) is -0.814. The van der Waals surface area contributed by atoms with E-state index in [4.69, 9.17) is 24.3 Å². The molecule has 0 bridgehead atoms. The quantitative estimate of drug-likeness (QED) is 0.0264. The zero-order chi connectivity index (χ0) is 47.4. The first-order valence-corrected chi connectivity index (χ1v) is 29.7. The van der Waals surface area contributed by atoms with E-state index in [1.807, 2.05) is 0 Å². The number of phosphoric acid groups is 1. The molecule has 0 saturated heterocycles. The molecule has 9 nitrogen and oxygen atoms in total. The summed E-state index contributed by atoms with van der Waals surface area (Å²) >= 11 is 0. The second-order valence-electron chi connectivity index (χ2n) is 19.2. The van der Waals surface area contributed by atoms with Crippen molar-refractivity contribution in [2.24, 2.45) is 5.73 Å². The molecular weight excluding hydrogens is 834 g/mol. The van der Waals surface area contributed by atoms with Gasteiger partial charge >= 0.3 is 19.8 Å². The third-order valence-electron chi connectivity index (χ3n) is 12.7. The highest BCUT2D eigenvalue weighted by atomic mass is 31.2. The van der Waals surface area contributed by atoms with Gasteiger partial charge in [0.15, 0.2) is 6.10 Å². The van der Waals surface area contributed by atoms with E-state index in [9.17, 15) is 19.0 Å². The lowest BCUT2D eigenvalue weighted by Gasteiger charge is -2.19. The van der Waals surface area contributed by atoms with Crippen molar-refractivity contribution in [3.05, 3.63) is 12.2 Å². The summed E-state index contributed by atoms with van der Waals surface area (Å²) in [7, 11) is -4.38. The topological polar surface area (TPSA) is 134 Å². The van der Waals surface area contributed by atoms with Crippen LogP contribution in [0.1, 0.15) is 296 Å². The number of allylic oxidation sites excluding steroid dienone is 2. The zero-order valence-corrected chi connectivity index (χ0v) is 43.9. The number of unbranched alkanes of at least 4 members (excludes halogenated alkanes) is 39. The van der Waals surface area contributed by atoms with Crippen LogP contribution in [-0.2, 0) is 32.7 Å². The van der Waals surface area contributed by atoms with Crippen LogP contribution < -0.4 is 5.73 Å². The van der Waals surface area contributed by atoms with Gasteiger partial charge in [0.05, 0.1) is 13.2 Å². The number of hydrogen-bond acceptors (Lipinski definition) is 8. The summed E-state index contributed by atoms with van der Waals surface area (Å²) < 4.78 is 33.0. The monoisotopic (exact) mass is 942 g/mol. The zero-order valence-electron chi connectivity index (χ0n) is 43.0. The molecule has 0 heterocycles. The average molecular weight is 942 g/mol. The predicted octanol–water partition coefficient (Wildman–Crippen LogP) is 17.3. The summed E-state index contributed by atoms with van der Waals surface area (Å²) in [4.78, 5) is 35.1. The van der Waals surface area contributed by atoms with Crippen molar-refractivity contribution in [3.8, 4) is 0 Å². The average Bonchev–Trinajstić information content (AvgIpc) is 3.30. The van der Waals surface area contributed by atoms with Crippen molar-refractivity contribution in [1.82, 2.24) is 0 Å². The Kier molecular flexibility index (Phi) is 51.1. The third kappa shape index (κ3) is 52.0. The van der Waals surface area contributed by atoms with E-state index >= 15 is 0 Å². The summed E-state index contributed by atoms with van der Waals surface area (Å²) in [6.45, 7) is 3.79. The highest BCUT2D eigenvalue weighted by molar-refractivity contribution is 7.47. The number of ether oxygens (including phenoxy) is 2. The molecule has 65 heavy (non-hydrogen) atoms. The molecule has 0 rings (SSSR count). The predicted molar refractivity (Wildman–Crippen MR) is 275 cm³/mol. The second kappa shape index (κ2) is 52.1. The molecule has 0 aromatic rings. The highest BCUT2D eigenvalue weighted by Crippen LogP contribution is 2.43. The standard InChI is InChI=1S/C55H108NO8P/c1-3-5-7-9-11-13-15-17-19-21-23-24-25-26-27-28-29-30-32-33-35-37-39-41-43-45-47-54(57)61-51-53(52-63-65(59,60)62-50-49-56)64-55(58)48-46-44-42-40-38-36-34-31-22-20-18-16-14-12-10-8-6-4-2/h20,22,53H,3-19,21,23-52,56H2,1-2H3,(H,59,60)/b22-20-. The molecule has 0 radical (unpaired) electrons. The van der Waals surface area contributed by atoms with Crippen LogP contribution in [0.15, 0.2) is 12.2 Å². The molecule has 0 aliphatic heterocycles. The Morgan fingerprint density at radius 2 is 0.754 bits per heavy atom.